The van der Waals surface area contributed by atoms with Crippen molar-refractivity contribution in [2.24, 2.45) is 0 Å². The smallest absolute Gasteiger partial charge is 0.435 e. The summed E-state index contributed by atoms with van der Waals surface area (Å²) in [6, 6.07) is 7.14. The number of aromatic nitrogens is 4. The molecule has 43 heavy (non-hydrogen) atoms. The number of anilines is 2. The number of ether oxygens (including phenoxy) is 1. The van der Waals surface area contributed by atoms with E-state index in [0.29, 0.717) is 50.4 Å². The third-order valence-electron chi connectivity index (χ3n) is 8.57. The van der Waals surface area contributed by atoms with Crippen molar-refractivity contribution in [2.75, 3.05) is 43.5 Å². The van der Waals surface area contributed by atoms with Gasteiger partial charge in [0.25, 0.3) is 5.91 Å². The highest BCUT2D eigenvalue weighted by Gasteiger charge is 2.45. The van der Waals surface area contributed by atoms with Gasteiger partial charge in [-0.1, -0.05) is 13.8 Å². The first-order chi connectivity index (χ1) is 20.4. The van der Waals surface area contributed by atoms with Crippen LogP contribution in [0.3, 0.4) is 0 Å². The molecule has 228 valence electrons. The number of rotatable bonds is 4. The molecule has 1 saturated heterocycles. The van der Waals surface area contributed by atoms with Gasteiger partial charge in [-0.3, -0.25) is 9.89 Å². The van der Waals surface area contributed by atoms with E-state index in [9.17, 15) is 22.8 Å². The second-order valence-corrected chi connectivity index (χ2v) is 11.8. The first-order valence-electron chi connectivity index (χ1n) is 14.2. The van der Waals surface area contributed by atoms with E-state index in [1.807, 2.05) is 28.0 Å². The summed E-state index contributed by atoms with van der Waals surface area (Å²) in [7, 11) is 1.62. The number of urea groups is 1. The van der Waals surface area contributed by atoms with Crippen molar-refractivity contribution >= 4 is 23.4 Å². The molecule has 0 radical (unpaired) electrons. The van der Waals surface area contributed by atoms with Gasteiger partial charge in [-0.15, -0.1) is 0 Å². The molecule has 11 nitrogen and oxygen atoms in total. The number of carbonyl (C=O) groups is 2. The Morgan fingerprint density at radius 3 is 2.60 bits per heavy atom. The predicted octanol–water partition coefficient (Wildman–Crippen LogP) is 4.22. The van der Waals surface area contributed by atoms with Gasteiger partial charge in [0, 0.05) is 60.6 Å². The lowest BCUT2D eigenvalue weighted by Gasteiger charge is -2.39. The second-order valence-electron chi connectivity index (χ2n) is 11.8. The monoisotopic (exact) mass is 598 g/mol. The molecule has 0 unspecified atom stereocenters. The van der Waals surface area contributed by atoms with Gasteiger partial charge >= 0.3 is 12.2 Å². The molecule has 2 aromatic heterocycles. The number of H-pyrrole nitrogens is 1. The van der Waals surface area contributed by atoms with Gasteiger partial charge < -0.3 is 24.8 Å². The van der Waals surface area contributed by atoms with Crippen LogP contribution in [-0.2, 0) is 24.6 Å². The van der Waals surface area contributed by atoms with E-state index in [0.717, 1.165) is 17.0 Å². The van der Waals surface area contributed by atoms with E-state index in [1.165, 1.54) is 11.2 Å². The summed E-state index contributed by atoms with van der Waals surface area (Å²) in [5.41, 5.74) is 0.542. The van der Waals surface area contributed by atoms with Crippen molar-refractivity contribution in [3.63, 3.8) is 0 Å². The Bertz CT molecular complexity index is 1530. The average molecular weight is 599 g/mol. The Hall–Kier alpha value is -4.36. The molecule has 1 aromatic carbocycles. The zero-order chi connectivity index (χ0) is 30.5. The topological polar surface area (TPSA) is 120 Å². The number of carbonyl (C=O) groups excluding carboxylic acids is 2. The van der Waals surface area contributed by atoms with Crippen LogP contribution in [0.4, 0.5) is 29.5 Å². The van der Waals surface area contributed by atoms with E-state index >= 15 is 0 Å². The van der Waals surface area contributed by atoms with E-state index in [1.54, 1.807) is 27.0 Å². The fraction of sp³-hybridized carbons (Fsp3) is 0.483. The first-order valence-corrected chi connectivity index (χ1v) is 14.2. The molecule has 0 spiro atoms. The first kappa shape index (κ1) is 28.7. The summed E-state index contributed by atoms with van der Waals surface area (Å²) in [5.74, 6) is 0.843. The molecular formula is C29H33F3N8O3. The zero-order valence-corrected chi connectivity index (χ0v) is 24.2. The lowest BCUT2D eigenvalue weighted by atomic mass is 9.82. The number of fused-ring (bicyclic) bond motifs is 2. The summed E-state index contributed by atoms with van der Waals surface area (Å²) < 4.78 is 46.2. The molecule has 5 heterocycles. The highest BCUT2D eigenvalue weighted by molar-refractivity contribution is 5.93. The predicted molar refractivity (Wildman–Crippen MR) is 151 cm³/mol. The minimum Gasteiger partial charge on any atom is -0.497 e. The van der Waals surface area contributed by atoms with Crippen LogP contribution in [0.15, 0.2) is 30.6 Å². The summed E-state index contributed by atoms with van der Waals surface area (Å²) >= 11 is 0. The average Bonchev–Trinajstić information content (AvgIpc) is 3.37. The fourth-order valence-corrected chi connectivity index (χ4v) is 6.37. The molecular weight excluding hydrogens is 565 g/mol. The van der Waals surface area contributed by atoms with Gasteiger partial charge in [0.1, 0.15) is 23.6 Å². The number of hydrogen-bond donors (Lipinski definition) is 2. The Labute approximate surface area is 246 Å². The highest BCUT2D eigenvalue weighted by atomic mass is 19.4. The van der Waals surface area contributed by atoms with E-state index in [4.69, 9.17) is 4.74 Å². The summed E-state index contributed by atoms with van der Waals surface area (Å²) in [6.45, 7) is 5.36. The van der Waals surface area contributed by atoms with Crippen molar-refractivity contribution in [1.29, 1.82) is 0 Å². The minimum atomic E-state index is -4.63. The third-order valence-corrected chi connectivity index (χ3v) is 8.57. The van der Waals surface area contributed by atoms with Crippen molar-refractivity contribution in [3.8, 4) is 5.75 Å². The Morgan fingerprint density at radius 2 is 1.88 bits per heavy atom. The summed E-state index contributed by atoms with van der Waals surface area (Å²) in [6.07, 6.45) is -1.19. The largest absolute Gasteiger partial charge is 0.497 e. The number of methoxy groups -OCH3 is 1. The summed E-state index contributed by atoms with van der Waals surface area (Å²) in [5, 5.41) is 9.09. The normalized spacial score (nSPS) is 18.9. The number of piperidine rings is 1. The number of alkyl halides is 3. The Balaban J connectivity index is 1.12. The number of benzene rings is 1. The number of amides is 3. The van der Waals surface area contributed by atoms with Crippen molar-refractivity contribution in [1.82, 2.24) is 30.0 Å². The molecule has 0 aliphatic carbocycles. The summed E-state index contributed by atoms with van der Waals surface area (Å²) in [4.78, 5) is 40.5. The van der Waals surface area contributed by atoms with Crippen LogP contribution >= 0.6 is 0 Å². The van der Waals surface area contributed by atoms with Gasteiger partial charge in [0.05, 0.1) is 13.7 Å². The maximum absolute atomic E-state index is 13.6. The standard InChI is InChI=1S/C29H33F3N8O3/c1-28(2)15-39(14-20-24(28)36-37-25(20)29(30,31)32)26(41)22-13-23(34-16-33-22)38-9-7-18(8-10-38)40-11-6-17-12-19(43-3)4-5-21(17)35-27(40)42/h4-5,12-13,16,18H,6-11,14-15H2,1-3H3,(H,35,42)(H,36,37). The maximum Gasteiger partial charge on any atom is 0.435 e. The Morgan fingerprint density at radius 1 is 1.12 bits per heavy atom. The molecule has 0 saturated carbocycles. The number of halogens is 3. The Kier molecular flexibility index (Phi) is 7.17. The molecule has 3 amide bonds. The zero-order valence-electron chi connectivity index (χ0n) is 24.2. The van der Waals surface area contributed by atoms with Crippen LogP contribution < -0.4 is 15.0 Å². The van der Waals surface area contributed by atoms with E-state index < -0.39 is 23.2 Å². The van der Waals surface area contributed by atoms with E-state index in [2.05, 4.69) is 25.5 Å². The number of nitrogens with one attached hydrogen (secondary N) is 2. The van der Waals surface area contributed by atoms with Gasteiger partial charge in [0.15, 0.2) is 5.69 Å². The maximum atomic E-state index is 13.6. The molecule has 1 fully saturated rings. The third kappa shape index (κ3) is 5.45. The lowest BCUT2D eigenvalue weighted by molar-refractivity contribution is -0.142. The fourth-order valence-electron chi connectivity index (χ4n) is 6.37. The number of aromatic amines is 1. The van der Waals surface area contributed by atoms with Gasteiger partial charge in [0.2, 0.25) is 0 Å². The number of nitrogens with zero attached hydrogens (tertiary/aromatic N) is 6. The molecule has 2 N–H and O–H groups in total. The SMILES string of the molecule is COc1ccc2c(c1)CCN(C1CCN(c3cc(C(=O)N4Cc5c(C(F)(F)F)n[nH]c5C(C)(C)C4)ncn3)CC1)C(=O)N2. The lowest BCUT2D eigenvalue weighted by Crippen LogP contribution is -2.49. The second kappa shape index (κ2) is 10.7. The van der Waals surface area contributed by atoms with Crippen LogP contribution in [0.5, 0.6) is 5.75 Å². The van der Waals surface area contributed by atoms with E-state index in [-0.39, 0.29) is 36.4 Å². The van der Waals surface area contributed by atoms with Crippen LogP contribution in [0.25, 0.3) is 0 Å². The van der Waals surface area contributed by atoms with Crippen molar-refractivity contribution < 1.29 is 27.5 Å². The number of hydrogen-bond acceptors (Lipinski definition) is 7. The molecule has 14 heteroatoms. The molecule has 3 aliphatic rings. The van der Waals surface area contributed by atoms with Gasteiger partial charge in [-0.05, 0) is 43.0 Å². The van der Waals surface area contributed by atoms with Crippen LogP contribution in [0.1, 0.15) is 59.7 Å². The molecule has 0 atom stereocenters. The molecule has 3 aliphatic heterocycles. The van der Waals surface area contributed by atoms with Gasteiger partial charge in [-0.2, -0.15) is 18.3 Å². The van der Waals surface area contributed by atoms with Crippen molar-refractivity contribution in [2.45, 2.75) is 57.3 Å². The highest BCUT2D eigenvalue weighted by Crippen LogP contribution is 2.40. The van der Waals surface area contributed by atoms with Crippen LogP contribution in [0.2, 0.25) is 0 Å². The quantitative estimate of drug-likeness (QED) is 0.462. The van der Waals surface area contributed by atoms with Crippen LogP contribution in [-0.4, -0.2) is 81.2 Å². The van der Waals surface area contributed by atoms with Gasteiger partial charge in [-0.25, -0.2) is 14.8 Å². The molecule has 6 rings (SSSR count). The minimum absolute atomic E-state index is 0.0202. The van der Waals surface area contributed by atoms with Crippen molar-refractivity contribution in [3.05, 3.63) is 58.8 Å². The van der Waals surface area contributed by atoms with Crippen LogP contribution in [0, 0.1) is 0 Å². The molecule has 3 aromatic rings. The molecule has 0 bridgehead atoms.